The molecule has 1 N–H and O–H groups in total. The van der Waals surface area contributed by atoms with Gasteiger partial charge in [-0.05, 0) is 67.2 Å². The number of aliphatic hydroxyl groups excluding tert-OH is 1. The predicted octanol–water partition coefficient (Wildman–Crippen LogP) is 4.64. The summed E-state index contributed by atoms with van der Waals surface area (Å²) < 4.78 is 13.2. The zero-order valence-electron chi connectivity index (χ0n) is 13.0. The second kappa shape index (κ2) is 6.26. The minimum absolute atomic E-state index is 0.0784. The summed E-state index contributed by atoms with van der Waals surface area (Å²) in [4.78, 5) is 0. The summed E-state index contributed by atoms with van der Waals surface area (Å²) in [5.41, 5.74) is 2.10. The van der Waals surface area contributed by atoms with E-state index in [2.05, 4.69) is 13.8 Å². The van der Waals surface area contributed by atoms with Crippen molar-refractivity contribution < 1.29 is 9.50 Å². The standard InChI is InChI=1S/C18H27FO/c1-13(2)12-18(8-4-5-9-18)17(20)11-15-6-7-16(19)10-14(15)3/h6-7,10,13,17,20H,4-5,8-9,11-12H2,1-3H3. The molecule has 1 nitrogen and oxygen atoms in total. The molecule has 1 unspecified atom stereocenters. The van der Waals surface area contributed by atoms with E-state index in [0.717, 1.165) is 30.4 Å². The monoisotopic (exact) mass is 278 g/mol. The quantitative estimate of drug-likeness (QED) is 0.831. The highest BCUT2D eigenvalue weighted by Gasteiger charge is 2.40. The predicted molar refractivity (Wildman–Crippen MR) is 81.2 cm³/mol. The highest BCUT2D eigenvalue weighted by atomic mass is 19.1. The number of aliphatic hydroxyl groups is 1. The van der Waals surface area contributed by atoms with Crippen molar-refractivity contribution >= 4 is 0 Å². The molecule has 1 atom stereocenters. The lowest BCUT2D eigenvalue weighted by atomic mass is 9.72. The third-order valence-corrected chi connectivity index (χ3v) is 4.84. The first-order valence-electron chi connectivity index (χ1n) is 7.86. The van der Waals surface area contributed by atoms with Gasteiger partial charge in [0, 0.05) is 0 Å². The fourth-order valence-corrected chi connectivity index (χ4v) is 3.88. The van der Waals surface area contributed by atoms with E-state index >= 15 is 0 Å². The van der Waals surface area contributed by atoms with Crippen LogP contribution in [0.15, 0.2) is 18.2 Å². The number of aryl methyl sites for hydroxylation is 1. The van der Waals surface area contributed by atoms with Crippen LogP contribution in [-0.4, -0.2) is 11.2 Å². The van der Waals surface area contributed by atoms with Gasteiger partial charge in [0.25, 0.3) is 0 Å². The van der Waals surface area contributed by atoms with Gasteiger partial charge < -0.3 is 5.11 Å². The van der Waals surface area contributed by atoms with Crippen LogP contribution in [0.2, 0.25) is 0 Å². The lowest BCUT2D eigenvalue weighted by molar-refractivity contribution is 0.0133. The second-order valence-electron chi connectivity index (χ2n) is 6.96. The van der Waals surface area contributed by atoms with Gasteiger partial charge in [0.05, 0.1) is 6.10 Å². The Labute approximate surface area is 122 Å². The van der Waals surface area contributed by atoms with Gasteiger partial charge in [-0.2, -0.15) is 0 Å². The molecule has 2 heteroatoms. The van der Waals surface area contributed by atoms with Crippen LogP contribution in [0.4, 0.5) is 4.39 Å². The van der Waals surface area contributed by atoms with E-state index < -0.39 is 0 Å². The van der Waals surface area contributed by atoms with E-state index in [1.54, 1.807) is 6.07 Å². The van der Waals surface area contributed by atoms with Gasteiger partial charge in [0.2, 0.25) is 0 Å². The second-order valence-corrected chi connectivity index (χ2v) is 6.96. The van der Waals surface area contributed by atoms with Crippen LogP contribution in [0.5, 0.6) is 0 Å². The summed E-state index contributed by atoms with van der Waals surface area (Å²) >= 11 is 0. The van der Waals surface area contributed by atoms with Crippen LogP contribution in [0, 0.1) is 24.1 Å². The van der Waals surface area contributed by atoms with Gasteiger partial charge in [0.1, 0.15) is 5.82 Å². The summed E-state index contributed by atoms with van der Waals surface area (Å²) in [5, 5.41) is 10.8. The van der Waals surface area contributed by atoms with Gasteiger partial charge in [-0.1, -0.05) is 32.8 Å². The lowest BCUT2D eigenvalue weighted by Gasteiger charge is -2.36. The van der Waals surface area contributed by atoms with Gasteiger partial charge in [0.15, 0.2) is 0 Å². The maximum atomic E-state index is 13.2. The van der Waals surface area contributed by atoms with Crippen molar-refractivity contribution in [3.63, 3.8) is 0 Å². The van der Waals surface area contributed by atoms with Crippen molar-refractivity contribution in [2.75, 3.05) is 0 Å². The zero-order valence-corrected chi connectivity index (χ0v) is 13.0. The number of rotatable bonds is 5. The number of benzene rings is 1. The Morgan fingerprint density at radius 2 is 1.90 bits per heavy atom. The first-order valence-corrected chi connectivity index (χ1v) is 7.86. The fraction of sp³-hybridized carbons (Fsp3) is 0.667. The molecule has 0 bridgehead atoms. The highest BCUT2D eigenvalue weighted by Crippen LogP contribution is 2.46. The molecular formula is C18H27FO. The smallest absolute Gasteiger partial charge is 0.123 e. The Balaban J connectivity index is 2.14. The topological polar surface area (TPSA) is 20.2 Å². The summed E-state index contributed by atoms with van der Waals surface area (Å²) in [6.07, 6.45) is 6.15. The summed E-state index contributed by atoms with van der Waals surface area (Å²) in [5.74, 6) is 0.413. The zero-order chi connectivity index (χ0) is 14.8. The Kier molecular flexibility index (Phi) is 4.85. The van der Waals surface area contributed by atoms with E-state index in [0.29, 0.717) is 12.3 Å². The molecule has 0 amide bonds. The summed E-state index contributed by atoms with van der Waals surface area (Å²) in [7, 11) is 0. The van der Waals surface area contributed by atoms with Crippen molar-refractivity contribution in [3.05, 3.63) is 35.1 Å². The van der Waals surface area contributed by atoms with Crippen LogP contribution >= 0.6 is 0 Å². The Bertz CT molecular complexity index is 447. The molecular weight excluding hydrogens is 251 g/mol. The van der Waals surface area contributed by atoms with Crippen molar-refractivity contribution in [2.24, 2.45) is 11.3 Å². The molecule has 1 aliphatic carbocycles. The van der Waals surface area contributed by atoms with E-state index in [1.165, 1.54) is 18.9 Å². The van der Waals surface area contributed by atoms with Crippen LogP contribution in [0.1, 0.15) is 57.1 Å². The van der Waals surface area contributed by atoms with Crippen molar-refractivity contribution in [1.29, 1.82) is 0 Å². The maximum Gasteiger partial charge on any atom is 0.123 e. The van der Waals surface area contributed by atoms with E-state index in [-0.39, 0.29) is 17.3 Å². The molecule has 0 saturated heterocycles. The molecule has 2 rings (SSSR count). The molecule has 0 radical (unpaired) electrons. The molecule has 0 aliphatic heterocycles. The van der Waals surface area contributed by atoms with Crippen LogP contribution < -0.4 is 0 Å². The van der Waals surface area contributed by atoms with Crippen molar-refractivity contribution in [2.45, 2.75) is 65.4 Å². The van der Waals surface area contributed by atoms with Crippen molar-refractivity contribution in [1.82, 2.24) is 0 Å². The Hall–Kier alpha value is -0.890. The van der Waals surface area contributed by atoms with Crippen LogP contribution in [0.25, 0.3) is 0 Å². The largest absolute Gasteiger partial charge is 0.392 e. The fourth-order valence-electron chi connectivity index (χ4n) is 3.88. The number of hydrogen-bond acceptors (Lipinski definition) is 1. The molecule has 1 aromatic carbocycles. The summed E-state index contributed by atoms with van der Waals surface area (Å²) in [6.45, 7) is 6.39. The molecule has 1 fully saturated rings. The van der Waals surface area contributed by atoms with Gasteiger partial charge in [-0.15, -0.1) is 0 Å². The minimum atomic E-state index is -0.309. The third-order valence-electron chi connectivity index (χ3n) is 4.84. The molecule has 1 saturated carbocycles. The van der Waals surface area contributed by atoms with Gasteiger partial charge in [-0.25, -0.2) is 4.39 Å². The SMILES string of the molecule is Cc1cc(F)ccc1CC(O)C1(CC(C)C)CCCC1. The summed E-state index contributed by atoms with van der Waals surface area (Å²) in [6, 6.07) is 4.89. The molecule has 0 spiro atoms. The van der Waals surface area contributed by atoms with Crippen LogP contribution in [0.3, 0.4) is 0 Å². The van der Waals surface area contributed by atoms with E-state index in [1.807, 2.05) is 13.0 Å². The molecule has 20 heavy (non-hydrogen) atoms. The van der Waals surface area contributed by atoms with E-state index in [9.17, 15) is 9.50 Å². The Morgan fingerprint density at radius 1 is 1.25 bits per heavy atom. The maximum absolute atomic E-state index is 13.2. The first-order chi connectivity index (χ1) is 9.43. The Morgan fingerprint density at radius 3 is 2.45 bits per heavy atom. The molecule has 1 aliphatic rings. The van der Waals surface area contributed by atoms with Gasteiger partial charge in [-0.3, -0.25) is 0 Å². The highest BCUT2D eigenvalue weighted by molar-refractivity contribution is 5.27. The molecule has 0 heterocycles. The van der Waals surface area contributed by atoms with Crippen LogP contribution in [-0.2, 0) is 6.42 Å². The van der Waals surface area contributed by atoms with Gasteiger partial charge >= 0.3 is 0 Å². The molecule has 1 aromatic rings. The van der Waals surface area contributed by atoms with E-state index in [4.69, 9.17) is 0 Å². The first kappa shape index (κ1) is 15.5. The minimum Gasteiger partial charge on any atom is -0.392 e. The average Bonchev–Trinajstić information content (AvgIpc) is 2.81. The number of hydrogen-bond donors (Lipinski definition) is 1. The average molecular weight is 278 g/mol. The number of halogens is 1. The van der Waals surface area contributed by atoms with Crippen molar-refractivity contribution in [3.8, 4) is 0 Å². The third kappa shape index (κ3) is 3.41. The molecule has 112 valence electrons. The molecule has 0 aromatic heterocycles. The normalized spacial score (nSPS) is 19.5. The lowest BCUT2D eigenvalue weighted by Crippen LogP contribution is -2.35.